The number of aryl methyl sites for hydroxylation is 1. The molecule has 2 aliphatic rings. The Morgan fingerprint density at radius 2 is 2.06 bits per heavy atom. The van der Waals surface area contributed by atoms with Crippen LogP contribution in [0.2, 0.25) is 0 Å². The maximum absolute atomic E-state index is 13.3. The Balaban J connectivity index is 1.23. The number of rotatable bonds is 4. The molecule has 6 heterocycles. The van der Waals surface area contributed by atoms with E-state index >= 15 is 0 Å². The van der Waals surface area contributed by atoms with Crippen LogP contribution < -0.4 is 5.56 Å². The van der Waals surface area contributed by atoms with E-state index in [1.54, 1.807) is 11.3 Å². The third kappa shape index (κ3) is 3.88. The van der Waals surface area contributed by atoms with Gasteiger partial charge in [-0.05, 0) is 37.1 Å². The molecule has 1 fully saturated rings. The fraction of sp³-hybridized carbons (Fsp3) is 0.458. The molecular weight excluding hydrogens is 468 g/mol. The van der Waals surface area contributed by atoms with Gasteiger partial charge in [0.2, 0.25) is 5.91 Å². The van der Waals surface area contributed by atoms with Crippen LogP contribution in [0.15, 0.2) is 34.0 Å². The minimum atomic E-state index is -0.153. The van der Waals surface area contributed by atoms with Gasteiger partial charge in [-0.15, -0.1) is 32.9 Å². The highest BCUT2D eigenvalue weighted by Crippen LogP contribution is 2.33. The number of nitrogens with zero attached hydrogens (tertiary/aromatic N) is 6. The van der Waals surface area contributed by atoms with E-state index in [0.717, 1.165) is 54.3 Å². The molecule has 1 atom stereocenters. The van der Waals surface area contributed by atoms with Crippen LogP contribution in [0.1, 0.15) is 49.7 Å². The first-order valence-corrected chi connectivity index (χ1v) is 13.7. The summed E-state index contributed by atoms with van der Waals surface area (Å²) in [7, 11) is 0. The summed E-state index contributed by atoms with van der Waals surface area (Å²) >= 11 is 3.06. The van der Waals surface area contributed by atoms with Crippen molar-refractivity contribution in [3.05, 3.63) is 51.2 Å². The summed E-state index contributed by atoms with van der Waals surface area (Å²) in [6.45, 7) is 2.31. The van der Waals surface area contributed by atoms with Crippen LogP contribution in [0.25, 0.3) is 20.7 Å². The second-order valence-electron chi connectivity index (χ2n) is 9.10. The van der Waals surface area contributed by atoms with Gasteiger partial charge in [0.15, 0.2) is 0 Å². The molecule has 6 rings (SSSR count). The minimum absolute atomic E-state index is 0.00611. The van der Waals surface area contributed by atoms with Crippen molar-refractivity contribution in [1.82, 2.24) is 29.2 Å². The summed E-state index contributed by atoms with van der Waals surface area (Å²) < 4.78 is 3.75. The number of hydrogen-bond acceptors (Lipinski definition) is 7. The zero-order valence-electron chi connectivity index (χ0n) is 18.9. The van der Waals surface area contributed by atoms with Gasteiger partial charge in [-0.25, -0.2) is 4.98 Å². The average Bonchev–Trinajstić information content (AvgIpc) is 3.58. The first kappa shape index (κ1) is 21.7. The highest BCUT2D eigenvalue weighted by atomic mass is 32.1. The van der Waals surface area contributed by atoms with E-state index < -0.39 is 0 Å². The maximum Gasteiger partial charge on any atom is 0.263 e. The molecule has 1 amide bonds. The number of carbonyl (C=O) groups excluding carboxylic acids is 1. The molecule has 8 nitrogen and oxygen atoms in total. The fourth-order valence-corrected chi connectivity index (χ4v) is 6.88. The van der Waals surface area contributed by atoms with Gasteiger partial charge < -0.3 is 9.47 Å². The summed E-state index contributed by atoms with van der Waals surface area (Å²) in [4.78, 5) is 34.7. The second-order valence-corrected chi connectivity index (χ2v) is 10.9. The Kier molecular flexibility index (Phi) is 5.78. The lowest BCUT2D eigenvalue weighted by atomic mass is 9.97. The van der Waals surface area contributed by atoms with Crippen LogP contribution >= 0.6 is 22.7 Å². The molecule has 0 aromatic carbocycles. The Labute approximate surface area is 204 Å². The first-order valence-electron chi connectivity index (χ1n) is 11.9. The topological polar surface area (TPSA) is 85.9 Å². The molecule has 10 heteroatoms. The predicted molar refractivity (Wildman–Crippen MR) is 133 cm³/mol. The van der Waals surface area contributed by atoms with Crippen molar-refractivity contribution in [2.75, 3.05) is 13.1 Å². The van der Waals surface area contributed by atoms with Crippen LogP contribution in [-0.4, -0.2) is 48.2 Å². The molecular formula is C24H26N6O2S2. The van der Waals surface area contributed by atoms with Gasteiger partial charge in [0.1, 0.15) is 23.0 Å². The number of carbonyl (C=O) groups is 1. The second kappa shape index (κ2) is 9.07. The van der Waals surface area contributed by atoms with Crippen LogP contribution in [0.4, 0.5) is 0 Å². The van der Waals surface area contributed by atoms with Gasteiger partial charge in [-0.3, -0.25) is 14.2 Å². The van der Waals surface area contributed by atoms with Crippen molar-refractivity contribution < 1.29 is 4.79 Å². The van der Waals surface area contributed by atoms with Gasteiger partial charge in [0.25, 0.3) is 5.56 Å². The van der Waals surface area contributed by atoms with Gasteiger partial charge >= 0.3 is 0 Å². The number of likely N-dealkylation sites (tertiary alicyclic amines) is 1. The molecule has 0 radical (unpaired) electrons. The van der Waals surface area contributed by atoms with Gasteiger partial charge in [0.05, 0.1) is 11.7 Å². The van der Waals surface area contributed by atoms with Gasteiger partial charge in [0, 0.05) is 47.8 Å². The molecule has 0 aliphatic carbocycles. The molecule has 0 spiro atoms. The van der Waals surface area contributed by atoms with E-state index in [2.05, 4.69) is 19.7 Å². The first-order chi connectivity index (χ1) is 16.7. The number of amides is 1. The zero-order valence-corrected chi connectivity index (χ0v) is 20.5. The Morgan fingerprint density at radius 3 is 2.94 bits per heavy atom. The number of fused-ring (bicyclic) bond motifs is 2. The van der Waals surface area contributed by atoms with Crippen LogP contribution in [-0.2, 0) is 24.3 Å². The molecule has 0 saturated carbocycles. The van der Waals surface area contributed by atoms with Crippen molar-refractivity contribution in [3.63, 3.8) is 0 Å². The summed E-state index contributed by atoms with van der Waals surface area (Å²) in [6, 6.07) is 3.98. The molecule has 34 heavy (non-hydrogen) atoms. The van der Waals surface area contributed by atoms with E-state index in [1.165, 1.54) is 35.1 Å². The fourth-order valence-electron chi connectivity index (χ4n) is 5.16. The molecule has 176 valence electrons. The Bertz CT molecular complexity index is 1390. The third-order valence-corrected chi connectivity index (χ3v) is 8.72. The lowest BCUT2D eigenvalue weighted by molar-refractivity contribution is -0.133. The summed E-state index contributed by atoms with van der Waals surface area (Å²) in [6.07, 6.45) is 7.98. The quantitative estimate of drug-likeness (QED) is 0.429. The lowest BCUT2D eigenvalue weighted by Gasteiger charge is -2.32. The van der Waals surface area contributed by atoms with Crippen molar-refractivity contribution in [3.8, 4) is 10.4 Å². The molecule has 1 unspecified atom stereocenters. The third-order valence-electron chi connectivity index (χ3n) is 6.93. The van der Waals surface area contributed by atoms with Crippen molar-refractivity contribution in [2.24, 2.45) is 0 Å². The predicted octanol–water partition coefficient (Wildman–Crippen LogP) is 3.91. The van der Waals surface area contributed by atoms with E-state index in [1.807, 2.05) is 27.8 Å². The highest BCUT2D eigenvalue weighted by molar-refractivity contribution is 7.18. The minimum Gasteiger partial charge on any atom is -0.340 e. The van der Waals surface area contributed by atoms with Gasteiger partial charge in [-0.1, -0.05) is 12.5 Å². The maximum atomic E-state index is 13.3. The number of piperidine rings is 1. The lowest BCUT2D eigenvalue weighted by Crippen LogP contribution is -2.42. The highest BCUT2D eigenvalue weighted by Gasteiger charge is 2.30. The standard InChI is InChI=1S/C24H26N6O2S2/c31-20(13-29-15-25-23-21(24(29)32)17(14-34-23)18-7-5-11-33-18)28-9-4-6-16(12-28)22-27-26-19-8-2-1-3-10-30(19)22/h5,7,11,14-16H,1-4,6,8-10,12-13H2. The van der Waals surface area contributed by atoms with Crippen molar-refractivity contribution >= 4 is 38.8 Å². The number of hydrogen-bond donors (Lipinski definition) is 0. The SMILES string of the molecule is O=C(Cn1cnc2scc(-c3cccs3)c2c1=O)N1CCCC(c2nnc3n2CCCCC3)C1. The van der Waals surface area contributed by atoms with E-state index in [4.69, 9.17) is 0 Å². The summed E-state index contributed by atoms with van der Waals surface area (Å²) in [5.41, 5.74) is 0.749. The van der Waals surface area contributed by atoms with E-state index in [0.29, 0.717) is 23.3 Å². The number of aromatic nitrogens is 5. The molecule has 2 aliphatic heterocycles. The Hall–Kier alpha value is -2.85. The number of thiophene rings is 2. The molecule has 0 bridgehead atoms. The normalized spacial score (nSPS) is 18.7. The van der Waals surface area contributed by atoms with Crippen LogP contribution in [0, 0.1) is 0 Å². The van der Waals surface area contributed by atoms with Crippen molar-refractivity contribution in [2.45, 2.75) is 57.5 Å². The summed E-state index contributed by atoms with van der Waals surface area (Å²) in [5, 5.41) is 13.6. The largest absolute Gasteiger partial charge is 0.340 e. The van der Waals surface area contributed by atoms with E-state index in [-0.39, 0.29) is 23.9 Å². The molecule has 0 N–H and O–H groups in total. The Morgan fingerprint density at radius 1 is 1.12 bits per heavy atom. The molecule has 1 saturated heterocycles. The molecule has 4 aromatic heterocycles. The van der Waals surface area contributed by atoms with Crippen LogP contribution in [0.5, 0.6) is 0 Å². The van der Waals surface area contributed by atoms with Gasteiger partial charge in [-0.2, -0.15) is 0 Å². The van der Waals surface area contributed by atoms with Crippen molar-refractivity contribution in [1.29, 1.82) is 0 Å². The van der Waals surface area contributed by atoms with Crippen LogP contribution in [0.3, 0.4) is 0 Å². The zero-order chi connectivity index (χ0) is 23.1. The van der Waals surface area contributed by atoms with E-state index in [9.17, 15) is 9.59 Å². The molecule has 4 aromatic rings. The monoisotopic (exact) mass is 494 g/mol. The average molecular weight is 495 g/mol. The smallest absolute Gasteiger partial charge is 0.263 e. The summed E-state index contributed by atoms with van der Waals surface area (Å²) in [5.74, 6) is 2.25.